The highest BCUT2D eigenvalue weighted by Crippen LogP contribution is 2.17. The van der Waals surface area contributed by atoms with Gasteiger partial charge in [-0.2, -0.15) is 0 Å². The maximum Gasteiger partial charge on any atom is 0.254 e. The zero-order valence-electron chi connectivity index (χ0n) is 8.69. The van der Waals surface area contributed by atoms with Crippen LogP contribution in [0.4, 0.5) is 0 Å². The van der Waals surface area contributed by atoms with Crippen molar-refractivity contribution in [1.29, 1.82) is 0 Å². The van der Waals surface area contributed by atoms with Crippen molar-refractivity contribution >= 4 is 0 Å². The van der Waals surface area contributed by atoms with Crippen LogP contribution in [-0.2, 0) is 0 Å². The molecule has 4 heteroatoms. The molecule has 1 unspecified atom stereocenters. The molecule has 1 aromatic heterocycles. The Kier molecular flexibility index (Phi) is 2.72. The van der Waals surface area contributed by atoms with Crippen LogP contribution in [0, 0.1) is 6.92 Å². The molecule has 1 aliphatic heterocycles. The predicted molar refractivity (Wildman–Crippen MR) is 52.4 cm³/mol. The van der Waals surface area contributed by atoms with E-state index in [1.165, 1.54) is 0 Å². The molecular weight excluding hydrogens is 180 g/mol. The molecule has 0 saturated carbocycles. The summed E-state index contributed by atoms with van der Waals surface area (Å²) in [6, 6.07) is 1.83. The van der Waals surface area contributed by atoms with E-state index in [9.17, 15) is 0 Å². The molecule has 14 heavy (non-hydrogen) atoms. The van der Waals surface area contributed by atoms with Gasteiger partial charge < -0.3 is 9.26 Å². The van der Waals surface area contributed by atoms with Crippen LogP contribution in [-0.4, -0.2) is 35.8 Å². The predicted octanol–water partition coefficient (Wildman–Crippen LogP) is 1.46. The molecule has 1 saturated heterocycles. The lowest BCUT2D eigenvalue weighted by atomic mass is 10.3. The number of ether oxygens (including phenoxy) is 1. The minimum Gasteiger partial charge on any atom is -0.471 e. The van der Waals surface area contributed by atoms with E-state index >= 15 is 0 Å². The van der Waals surface area contributed by atoms with Crippen LogP contribution in [0.3, 0.4) is 0 Å². The Labute approximate surface area is 83.8 Å². The maximum atomic E-state index is 5.68. The molecule has 0 radical (unpaired) electrons. The molecular formula is C10H16N2O2. The first-order valence-corrected chi connectivity index (χ1v) is 5.10. The first-order chi connectivity index (χ1) is 6.78. The van der Waals surface area contributed by atoms with Crippen LogP contribution in [0.15, 0.2) is 10.6 Å². The third-order valence-electron chi connectivity index (χ3n) is 2.57. The molecule has 78 valence electrons. The lowest BCUT2D eigenvalue weighted by Gasteiger charge is -2.12. The van der Waals surface area contributed by atoms with Gasteiger partial charge in [0.1, 0.15) is 11.9 Å². The maximum absolute atomic E-state index is 5.68. The molecule has 4 nitrogen and oxygen atoms in total. The molecule has 0 amide bonds. The molecule has 0 spiro atoms. The minimum absolute atomic E-state index is 0.277. The lowest BCUT2D eigenvalue weighted by molar-refractivity contribution is 0.185. The minimum atomic E-state index is 0.277. The van der Waals surface area contributed by atoms with Gasteiger partial charge in [-0.05, 0) is 25.0 Å². The second-order valence-electron chi connectivity index (χ2n) is 3.70. The number of likely N-dealkylation sites (tertiary alicyclic amines) is 1. The molecule has 0 N–H and O–H groups in total. The van der Waals surface area contributed by atoms with Gasteiger partial charge in [0.25, 0.3) is 5.88 Å². The highest BCUT2D eigenvalue weighted by atomic mass is 16.5. The van der Waals surface area contributed by atoms with Crippen molar-refractivity contribution in [2.24, 2.45) is 0 Å². The van der Waals surface area contributed by atoms with E-state index < -0.39 is 0 Å². The summed E-state index contributed by atoms with van der Waals surface area (Å²) >= 11 is 0. The smallest absolute Gasteiger partial charge is 0.254 e. The summed E-state index contributed by atoms with van der Waals surface area (Å²) in [6.45, 7) is 7.26. The SMILES string of the molecule is CCN1CCC(Oc2cc(C)on2)C1. The van der Waals surface area contributed by atoms with Gasteiger partial charge >= 0.3 is 0 Å². The molecule has 1 aliphatic rings. The fourth-order valence-electron chi connectivity index (χ4n) is 1.75. The average molecular weight is 196 g/mol. The summed E-state index contributed by atoms with van der Waals surface area (Å²) in [7, 11) is 0. The van der Waals surface area contributed by atoms with Crippen molar-refractivity contribution < 1.29 is 9.26 Å². The van der Waals surface area contributed by atoms with Crippen molar-refractivity contribution in [3.63, 3.8) is 0 Å². The average Bonchev–Trinajstić information content (AvgIpc) is 2.76. The van der Waals surface area contributed by atoms with Crippen LogP contribution in [0.2, 0.25) is 0 Å². The standard InChI is InChI=1S/C10H16N2O2/c1-3-12-5-4-9(7-12)13-10-6-8(2)14-11-10/h6,9H,3-5,7H2,1-2H3. The molecule has 0 aliphatic carbocycles. The van der Waals surface area contributed by atoms with E-state index in [4.69, 9.17) is 9.26 Å². The number of aromatic nitrogens is 1. The van der Waals surface area contributed by atoms with Gasteiger partial charge in [0.05, 0.1) is 0 Å². The zero-order valence-corrected chi connectivity index (χ0v) is 8.69. The van der Waals surface area contributed by atoms with Gasteiger partial charge in [0, 0.05) is 19.2 Å². The normalized spacial score (nSPS) is 22.9. The molecule has 0 aromatic carbocycles. The molecule has 1 aromatic rings. The summed E-state index contributed by atoms with van der Waals surface area (Å²) in [4.78, 5) is 2.37. The number of hydrogen-bond acceptors (Lipinski definition) is 4. The van der Waals surface area contributed by atoms with Gasteiger partial charge in [-0.15, -0.1) is 0 Å². The zero-order chi connectivity index (χ0) is 9.97. The van der Waals surface area contributed by atoms with Gasteiger partial charge in [-0.25, -0.2) is 0 Å². The Bertz CT molecular complexity index is 298. The number of hydrogen-bond donors (Lipinski definition) is 0. The Hall–Kier alpha value is -1.03. The Morgan fingerprint density at radius 3 is 3.14 bits per heavy atom. The largest absolute Gasteiger partial charge is 0.471 e. The van der Waals surface area contributed by atoms with E-state index in [-0.39, 0.29) is 6.10 Å². The Morgan fingerprint density at radius 1 is 1.71 bits per heavy atom. The highest BCUT2D eigenvalue weighted by molar-refractivity contribution is 5.10. The van der Waals surface area contributed by atoms with E-state index in [1.807, 2.05) is 13.0 Å². The van der Waals surface area contributed by atoms with Crippen molar-refractivity contribution in [3.05, 3.63) is 11.8 Å². The Balaban J connectivity index is 1.87. The number of aryl methyl sites for hydroxylation is 1. The summed E-state index contributed by atoms with van der Waals surface area (Å²) in [5, 5.41) is 3.81. The summed E-state index contributed by atoms with van der Waals surface area (Å²) in [5.74, 6) is 1.41. The monoisotopic (exact) mass is 196 g/mol. The van der Waals surface area contributed by atoms with E-state index in [2.05, 4.69) is 17.0 Å². The summed E-state index contributed by atoms with van der Waals surface area (Å²) in [6.07, 6.45) is 1.36. The van der Waals surface area contributed by atoms with Gasteiger partial charge in [0.15, 0.2) is 0 Å². The van der Waals surface area contributed by atoms with Gasteiger partial charge in [0.2, 0.25) is 0 Å². The molecule has 1 fully saturated rings. The van der Waals surface area contributed by atoms with Crippen LogP contribution in [0.5, 0.6) is 5.88 Å². The van der Waals surface area contributed by atoms with Crippen molar-refractivity contribution in [2.75, 3.05) is 19.6 Å². The quantitative estimate of drug-likeness (QED) is 0.733. The summed E-state index contributed by atoms with van der Waals surface area (Å²) < 4.78 is 10.6. The third kappa shape index (κ3) is 2.07. The van der Waals surface area contributed by atoms with Crippen LogP contribution in [0.25, 0.3) is 0 Å². The fourth-order valence-corrected chi connectivity index (χ4v) is 1.75. The second-order valence-corrected chi connectivity index (χ2v) is 3.70. The van der Waals surface area contributed by atoms with Crippen LogP contribution in [0.1, 0.15) is 19.1 Å². The molecule has 1 atom stereocenters. The van der Waals surface area contributed by atoms with E-state index in [1.54, 1.807) is 0 Å². The summed E-state index contributed by atoms with van der Waals surface area (Å²) in [5.41, 5.74) is 0. The topological polar surface area (TPSA) is 38.5 Å². The fraction of sp³-hybridized carbons (Fsp3) is 0.700. The van der Waals surface area contributed by atoms with E-state index in [0.29, 0.717) is 5.88 Å². The third-order valence-corrected chi connectivity index (χ3v) is 2.57. The van der Waals surface area contributed by atoms with Crippen molar-refractivity contribution in [3.8, 4) is 5.88 Å². The van der Waals surface area contributed by atoms with Crippen LogP contribution < -0.4 is 4.74 Å². The van der Waals surface area contributed by atoms with Crippen molar-refractivity contribution in [2.45, 2.75) is 26.4 Å². The van der Waals surface area contributed by atoms with Crippen LogP contribution >= 0.6 is 0 Å². The van der Waals surface area contributed by atoms with Gasteiger partial charge in [-0.1, -0.05) is 6.92 Å². The van der Waals surface area contributed by atoms with E-state index in [0.717, 1.165) is 31.8 Å². The number of nitrogens with zero attached hydrogens (tertiary/aromatic N) is 2. The lowest BCUT2D eigenvalue weighted by Crippen LogP contribution is -2.24. The van der Waals surface area contributed by atoms with Gasteiger partial charge in [-0.3, -0.25) is 4.90 Å². The molecule has 0 bridgehead atoms. The Morgan fingerprint density at radius 2 is 2.57 bits per heavy atom. The highest BCUT2D eigenvalue weighted by Gasteiger charge is 2.23. The second kappa shape index (κ2) is 4.00. The number of likely N-dealkylation sites (N-methyl/N-ethyl adjacent to an activating group) is 1. The van der Waals surface area contributed by atoms with Crippen molar-refractivity contribution in [1.82, 2.24) is 10.1 Å². The first-order valence-electron chi connectivity index (χ1n) is 5.10. The molecule has 2 rings (SSSR count). The molecule has 2 heterocycles. The first kappa shape index (κ1) is 9.52. The number of rotatable bonds is 3.